The van der Waals surface area contributed by atoms with Gasteiger partial charge in [0.25, 0.3) is 5.91 Å². The summed E-state index contributed by atoms with van der Waals surface area (Å²) in [7, 11) is 0. The van der Waals surface area contributed by atoms with Crippen LogP contribution in [0.3, 0.4) is 0 Å². The molecule has 1 aromatic heterocycles. The lowest BCUT2D eigenvalue weighted by molar-refractivity contribution is -0.705. The van der Waals surface area contributed by atoms with E-state index in [9.17, 15) is 9.59 Å². The third-order valence-electron chi connectivity index (χ3n) is 3.72. The summed E-state index contributed by atoms with van der Waals surface area (Å²) >= 11 is 0. The standard InChI is InChI=1S/C18H20N2O2/c1-4-15-9-11-20(12-10-15)13(2)18(22)19-17-7-5-16(6-8-17)14(3)21/h5-13H,4H2,1-3H3/p+1/t13-/m1/s1. The summed E-state index contributed by atoms with van der Waals surface area (Å²) in [6, 6.07) is 10.6. The lowest BCUT2D eigenvalue weighted by atomic mass is 10.1. The van der Waals surface area contributed by atoms with Crippen molar-refractivity contribution in [3.63, 3.8) is 0 Å². The van der Waals surface area contributed by atoms with Crippen molar-refractivity contribution in [3.05, 3.63) is 59.9 Å². The number of Topliss-reactive ketones (excluding diaryl/α,β-unsaturated/α-hetero) is 1. The summed E-state index contributed by atoms with van der Waals surface area (Å²) in [5, 5.41) is 2.86. The molecule has 0 bridgehead atoms. The van der Waals surface area contributed by atoms with Gasteiger partial charge >= 0.3 is 0 Å². The van der Waals surface area contributed by atoms with E-state index in [0.29, 0.717) is 11.3 Å². The second kappa shape index (κ2) is 6.98. The number of rotatable bonds is 5. The van der Waals surface area contributed by atoms with Crippen molar-refractivity contribution >= 4 is 17.4 Å². The molecule has 4 nitrogen and oxygen atoms in total. The molecule has 0 aliphatic rings. The van der Waals surface area contributed by atoms with Gasteiger partial charge in [-0.1, -0.05) is 6.92 Å². The summed E-state index contributed by atoms with van der Waals surface area (Å²) in [5.74, 6) is -0.0809. The summed E-state index contributed by atoms with van der Waals surface area (Å²) in [4.78, 5) is 23.5. The van der Waals surface area contributed by atoms with Crippen LogP contribution in [-0.2, 0) is 11.2 Å². The zero-order chi connectivity index (χ0) is 16.1. The molecule has 0 fully saturated rings. The molecule has 0 radical (unpaired) electrons. The van der Waals surface area contributed by atoms with Gasteiger partial charge < -0.3 is 5.32 Å². The van der Waals surface area contributed by atoms with Gasteiger partial charge in [-0.3, -0.25) is 9.59 Å². The van der Waals surface area contributed by atoms with Gasteiger partial charge in [0, 0.05) is 30.3 Å². The number of nitrogens with one attached hydrogen (secondary N) is 1. The Kier molecular flexibility index (Phi) is 5.04. The Labute approximate surface area is 130 Å². The molecule has 1 amide bonds. The lowest BCUT2D eigenvalue weighted by Crippen LogP contribution is -2.44. The van der Waals surface area contributed by atoms with Gasteiger partial charge in [-0.2, -0.15) is 4.57 Å². The lowest BCUT2D eigenvalue weighted by Gasteiger charge is -2.09. The van der Waals surface area contributed by atoms with Gasteiger partial charge in [0.1, 0.15) is 0 Å². The third kappa shape index (κ3) is 3.79. The van der Waals surface area contributed by atoms with E-state index in [1.54, 1.807) is 24.3 Å². The first-order chi connectivity index (χ1) is 10.5. The zero-order valence-electron chi connectivity index (χ0n) is 13.2. The van der Waals surface area contributed by atoms with Crippen LogP contribution in [-0.4, -0.2) is 11.7 Å². The van der Waals surface area contributed by atoms with Crippen molar-refractivity contribution in [1.82, 2.24) is 0 Å². The Hall–Kier alpha value is -2.49. The summed E-state index contributed by atoms with van der Waals surface area (Å²) in [5.41, 5.74) is 2.56. The molecule has 4 heteroatoms. The molecule has 22 heavy (non-hydrogen) atoms. The minimum Gasteiger partial charge on any atom is -0.320 e. The van der Waals surface area contributed by atoms with Crippen LogP contribution in [0, 0.1) is 0 Å². The Morgan fingerprint density at radius 1 is 1.09 bits per heavy atom. The molecule has 1 atom stereocenters. The summed E-state index contributed by atoms with van der Waals surface area (Å²) < 4.78 is 1.87. The molecule has 0 saturated heterocycles. The fraction of sp³-hybridized carbons (Fsp3) is 0.278. The molecule has 1 heterocycles. The molecular weight excluding hydrogens is 276 g/mol. The van der Waals surface area contributed by atoms with Crippen molar-refractivity contribution in [2.45, 2.75) is 33.2 Å². The fourth-order valence-corrected chi connectivity index (χ4v) is 2.13. The van der Waals surface area contributed by atoms with Crippen molar-refractivity contribution in [2.24, 2.45) is 0 Å². The van der Waals surface area contributed by atoms with E-state index in [2.05, 4.69) is 12.2 Å². The van der Waals surface area contributed by atoms with Crippen molar-refractivity contribution in [3.8, 4) is 0 Å². The number of amides is 1. The maximum atomic E-state index is 12.3. The number of nitrogens with zero attached hydrogens (tertiary/aromatic N) is 1. The highest BCUT2D eigenvalue weighted by molar-refractivity contribution is 5.96. The molecule has 0 unspecified atom stereocenters. The fourth-order valence-electron chi connectivity index (χ4n) is 2.13. The van der Waals surface area contributed by atoms with Crippen molar-refractivity contribution < 1.29 is 14.2 Å². The first-order valence-electron chi connectivity index (χ1n) is 7.42. The quantitative estimate of drug-likeness (QED) is 0.681. The first-order valence-corrected chi connectivity index (χ1v) is 7.42. The van der Waals surface area contributed by atoms with Crippen LogP contribution < -0.4 is 9.88 Å². The summed E-state index contributed by atoms with van der Waals surface area (Å²) in [6.45, 7) is 5.47. The molecule has 0 spiro atoms. The number of aromatic nitrogens is 1. The summed E-state index contributed by atoms with van der Waals surface area (Å²) in [6.07, 6.45) is 4.81. The van der Waals surface area contributed by atoms with Crippen molar-refractivity contribution in [2.75, 3.05) is 5.32 Å². The van der Waals surface area contributed by atoms with Crippen LogP contribution in [0.4, 0.5) is 5.69 Å². The van der Waals surface area contributed by atoms with E-state index in [0.717, 1.165) is 6.42 Å². The highest BCUT2D eigenvalue weighted by Crippen LogP contribution is 2.11. The van der Waals surface area contributed by atoms with E-state index < -0.39 is 0 Å². The van der Waals surface area contributed by atoms with Crippen LogP contribution in [0.25, 0.3) is 0 Å². The molecule has 1 aromatic carbocycles. The van der Waals surface area contributed by atoms with Crippen LogP contribution >= 0.6 is 0 Å². The van der Waals surface area contributed by atoms with E-state index >= 15 is 0 Å². The van der Waals surface area contributed by atoms with Gasteiger partial charge in [0.2, 0.25) is 6.04 Å². The predicted molar refractivity (Wildman–Crippen MR) is 85.8 cm³/mol. The van der Waals surface area contributed by atoms with Crippen LogP contribution in [0.1, 0.15) is 42.7 Å². The highest BCUT2D eigenvalue weighted by Gasteiger charge is 2.21. The number of ketones is 1. The number of benzene rings is 1. The van der Waals surface area contributed by atoms with Crippen LogP contribution in [0.15, 0.2) is 48.8 Å². The minimum absolute atomic E-state index is 0.0119. The largest absolute Gasteiger partial charge is 0.320 e. The number of carbonyl (C=O) groups is 2. The number of aryl methyl sites for hydroxylation is 1. The number of hydrogen-bond donors (Lipinski definition) is 1. The van der Waals surface area contributed by atoms with Crippen LogP contribution in [0.2, 0.25) is 0 Å². The van der Waals surface area contributed by atoms with E-state index in [1.165, 1.54) is 12.5 Å². The number of anilines is 1. The Balaban J connectivity index is 2.05. The second-order valence-electron chi connectivity index (χ2n) is 5.31. The maximum absolute atomic E-state index is 12.3. The molecule has 0 aliphatic heterocycles. The molecule has 1 N–H and O–H groups in total. The monoisotopic (exact) mass is 297 g/mol. The zero-order valence-corrected chi connectivity index (χ0v) is 13.2. The SMILES string of the molecule is CCc1cc[n+]([C@H](C)C(=O)Nc2ccc(C(C)=O)cc2)cc1. The highest BCUT2D eigenvalue weighted by atomic mass is 16.2. The van der Waals surface area contributed by atoms with Gasteiger partial charge in [-0.05, 0) is 43.2 Å². The van der Waals surface area contributed by atoms with Gasteiger partial charge in [0.15, 0.2) is 18.2 Å². The van der Waals surface area contributed by atoms with Gasteiger partial charge in [-0.25, -0.2) is 0 Å². The number of carbonyl (C=O) groups excluding carboxylic acids is 2. The molecule has 0 saturated carbocycles. The molecule has 2 aromatic rings. The Morgan fingerprint density at radius 2 is 1.68 bits per heavy atom. The Bertz CT molecular complexity index is 660. The first kappa shape index (κ1) is 15.9. The van der Waals surface area contributed by atoms with E-state index in [1.807, 2.05) is 36.0 Å². The third-order valence-corrected chi connectivity index (χ3v) is 3.72. The number of pyridine rings is 1. The smallest absolute Gasteiger partial charge is 0.293 e. The Morgan fingerprint density at radius 3 is 2.18 bits per heavy atom. The predicted octanol–water partition coefficient (Wildman–Crippen LogP) is 2.94. The van der Waals surface area contributed by atoms with Gasteiger partial charge in [-0.15, -0.1) is 0 Å². The van der Waals surface area contributed by atoms with E-state index in [-0.39, 0.29) is 17.7 Å². The molecular formula is C18H21N2O2+. The second-order valence-corrected chi connectivity index (χ2v) is 5.31. The number of hydrogen-bond acceptors (Lipinski definition) is 2. The minimum atomic E-state index is -0.307. The topological polar surface area (TPSA) is 50.0 Å². The maximum Gasteiger partial charge on any atom is 0.293 e. The molecule has 114 valence electrons. The van der Waals surface area contributed by atoms with Gasteiger partial charge in [0.05, 0.1) is 0 Å². The molecule has 0 aliphatic carbocycles. The average Bonchev–Trinajstić information content (AvgIpc) is 2.54. The normalized spacial score (nSPS) is 11.8. The van der Waals surface area contributed by atoms with Crippen molar-refractivity contribution in [1.29, 1.82) is 0 Å². The molecule has 2 rings (SSSR count). The van der Waals surface area contributed by atoms with E-state index in [4.69, 9.17) is 0 Å². The average molecular weight is 297 g/mol. The van der Waals surface area contributed by atoms with Crippen LogP contribution in [0.5, 0.6) is 0 Å².